The number of carbonyl (C=O) groups excluding carboxylic acids is 2. The normalized spacial score (nSPS) is 26.8. The second-order valence-electron chi connectivity index (χ2n) is 8.54. The van der Waals surface area contributed by atoms with E-state index in [0.29, 0.717) is 11.8 Å². The van der Waals surface area contributed by atoms with Gasteiger partial charge in [-0.15, -0.1) is 0 Å². The molecule has 0 aromatic heterocycles. The summed E-state index contributed by atoms with van der Waals surface area (Å²) >= 11 is 0. The number of rotatable bonds is 4. The van der Waals surface area contributed by atoms with Crippen molar-refractivity contribution in [1.29, 1.82) is 0 Å². The predicted octanol–water partition coefficient (Wildman–Crippen LogP) is 1.39. The lowest BCUT2D eigenvalue weighted by atomic mass is 10.1. The van der Waals surface area contributed by atoms with Crippen LogP contribution in [0.25, 0.3) is 0 Å². The summed E-state index contributed by atoms with van der Waals surface area (Å²) in [7, 11) is 2.06. The maximum atomic E-state index is 12.7. The summed E-state index contributed by atoms with van der Waals surface area (Å²) in [5.74, 6) is 1.01. The molecule has 0 bridgehead atoms. The van der Waals surface area contributed by atoms with Gasteiger partial charge in [0.25, 0.3) is 5.91 Å². The summed E-state index contributed by atoms with van der Waals surface area (Å²) in [6.45, 7) is 7.34. The van der Waals surface area contributed by atoms with Crippen LogP contribution in [0.3, 0.4) is 0 Å². The molecule has 1 aromatic carbocycles. The number of piperazine rings is 1. The summed E-state index contributed by atoms with van der Waals surface area (Å²) in [5, 5.41) is 0. The van der Waals surface area contributed by atoms with Crippen LogP contribution < -0.4 is 0 Å². The summed E-state index contributed by atoms with van der Waals surface area (Å²) in [4.78, 5) is 34.1. The monoisotopic (exact) mass is 384 g/mol. The third kappa shape index (κ3) is 4.23. The third-order valence-corrected chi connectivity index (χ3v) is 6.60. The van der Waals surface area contributed by atoms with Gasteiger partial charge in [0.05, 0.1) is 6.04 Å². The first-order valence-corrected chi connectivity index (χ1v) is 10.7. The number of hydrogen-bond donors (Lipinski definition) is 0. The summed E-state index contributed by atoms with van der Waals surface area (Å²) in [6, 6.07) is 9.68. The van der Waals surface area contributed by atoms with Gasteiger partial charge in [-0.25, -0.2) is 0 Å². The van der Waals surface area contributed by atoms with Gasteiger partial charge in [-0.3, -0.25) is 19.4 Å². The molecule has 3 fully saturated rings. The molecule has 3 aliphatic rings. The standard InChI is InChI=1S/C22H32N4O2/c1-23-10-5-8-20(23)22(28)25-14-12-24(13-15-25)16-18-9-11-26(17-18)21(27)19-6-3-2-4-7-19/h2-4,6-7,18,20H,5,8-17H2,1H3/t18-,20+/m1/s1. The molecule has 152 valence electrons. The zero-order valence-corrected chi connectivity index (χ0v) is 16.9. The Morgan fingerprint density at radius 3 is 2.36 bits per heavy atom. The van der Waals surface area contributed by atoms with Crippen LogP contribution in [0.1, 0.15) is 29.6 Å². The fourth-order valence-electron chi connectivity index (χ4n) is 4.88. The first kappa shape index (κ1) is 19.4. The van der Waals surface area contributed by atoms with Crippen LogP contribution in [-0.4, -0.2) is 96.9 Å². The summed E-state index contributed by atoms with van der Waals surface area (Å²) < 4.78 is 0. The van der Waals surface area contributed by atoms with Crippen LogP contribution in [0.15, 0.2) is 30.3 Å². The zero-order valence-electron chi connectivity index (χ0n) is 16.9. The lowest BCUT2D eigenvalue weighted by molar-refractivity contribution is -0.137. The second kappa shape index (κ2) is 8.62. The molecule has 28 heavy (non-hydrogen) atoms. The highest BCUT2D eigenvalue weighted by molar-refractivity contribution is 5.94. The first-order chi connectivity index (χ1) is 13.6. The van der Waals surface area contributed by atoms with Crippen LogP contribution in [0, 0.1) is 5.92 Å². The molecule has 0 spiro atoms. The Labute approximate surface area is 168 Å². The first-order valence-electron chi connectivity index (χ1n) is 10.7. The van der Waals surface area contributed by atoms with Gasteiger partial charge in [0.2, 0.25) is 5.91 Å². The number of nitrogens with zero attached hydrogens (tertiary/aromatic N) is 4. The van der Waals surface area contributed by atoms with Crippen molar-refractivity contribution in [2.24, 2.45) is 5.92 Å². The Morgan fingerprint density at radius 1 is 0.929 bits per heavy atom. The van der Waals surface area contributed by atoms with E-state index >= 15 is 0 Å². The molecule has 6 nitrogen and oxygen atoms in total. The van der Waals surface area contributed by atoms with Crippen LogP contribution in [0.4, 0.5) is 0 Å². The molecule has 0 saturated carbocycles. The van der Waals surface area contributed by atoms with Gasteiger partial charge in [-0.05, 0) is 50.9 Å². The number of hydrogen-bond acceptors (Lipinski definition) is 4. The zero-order chi connectivity index (χ0) is 19.5. The van der Waals surface area contributed by atoms with Crippen LogP contribution in [-0.2, 0) is 4.79 Å². The largest absolute Gasteiger partial charge is 0.339 e. The quantitative estimate of drug-likeness (QED) is 0.787. The van der Waals surface area contributed by atoms with E-state index in [9.17, 15) is 9.59 Å². The molecule has 1 aromatic rings. The van der Waals surface area contributed by atoms with Gasteiger partial charge in [0.15, 0.2) is 0 Å². The molecule has 0 aliphatic carbocycles. The molecular weight excluding hydrogens is 352 g/mol. The highest BCUT2D eigenvalue weighted by Gasteiger charge is 2.34. The van der Waals surface area contributed by atoms with E-state index in [1.165, 1.54) is 0 Å². The highest BCUT2D eigenvalue weighted by Crippen LogP contribution is 2.22. The average molecular weight is 385 g/mol. The molecule has 0 unspecified atom stereocenters. The summed E-state index contributed by atoms with van der Waals surface area (Å²) in [6.07, 6.45) is 3.21. The fraction of sp³-hybridized carbons (Fsp3) is 0.636. The molecule has 0 radical (unpaired) electrons. The van der Waals surface area contributed by atoms with E-state index in [2.05, 4.69) is 21.7 Å². The van der Waals surface area contributed by atoms with Crippen LogP contribution >= 0.6 is 0 Å². The minimum absolute atomic E-state index is 0.0962. The Hall–Kier alpha value is -1.92. The van der Waals surface area contributed by atoms with Gasteiger partial charge < -0.3 is 9.80 Å². The van der Waals surface area contributed by atoms with Gasteiger partial charge >= 0.3 is 0 Å². The minimum Gasteiger partial charge on any atom is -0.339 e. The molecule has 0 N–H and O–H groups in total. The third-order valence-electron chi connectivity index (χ3n) is 6.60. The molecule has 2 atom stereocenters. The molecular formula is C22H32N4O2. The van der Waals surface area contributed by atoms with Gasteiger partial charge in [0, 0.05) is 51.4 Å². The molecule has 4 rings (SSSR count). The summed E-state index contributed by atoms with van der Waals surface area (Å²) in [5.41, 5.74) is 0.784. The van der Waals surface area contributed by atoms with Crippen molar-refractivity contribution in [3.8, 4) is 0 Å². The van der Waals surface area contributed by atoms with Crippen molar-refractivity contribution in [3.05, 3.63) is 35.9 Å². The number of likely N-dealkylation sites (tertiary alicyclic amines) is 2. The highest BCUT2D eigenvalue weighted by atomic mass is 16.2. The molecule has 2 amide bonds. The van der Waals surface area contributed by atoms with Crippen LogP contribution in [0.5, 0.6) is 0 Å². The van der Waals surface area contributed by atoms with E-state index < -0.39 is 0 Å². The van der Waals surface area contributed by atoms with E-state index in [1.54, 1.807) is 0 Å². The number of carbonyl (C=O) groups is 2. The smallest absolute Gasteiger partial charge is 0.253 e. The van der Waals surface area contributed by atoms with Gasteiger partial charge in [0.1, 0.15) is 0 Å². The lowest BCUT2D eigenvalue weighted by Crippen LogP contribution is -2.53. The van der Waals surface area contributed by atoms with Crippen molar-refractivity contribution in [2.45, 2.75) is 25.3 Å². The van der Waals surface area contributed by atoms with Crippen molar-refractivity contribution < 1.29 is 9.59 Å². The van der Waals surface area contributed by atoms with Gasteiger partial charge in [-0.1, -0.05) is 18.2 Å². The van der Waals surface area contributed by atoms with Crippen LogP contribution in [0.2, 0.25) is 0 Å². The van der Waals surface area contributed by atoms with Crippen molar-refractivity contribution in [3.63, 3.8) is 0 Å². The Kier molecular flexibility index (Phi) is 5.97. The Bertz CT molecular complexity index is 687. The Morgan fingerprint density at radius 2 is 1.68 bits per heavy atom. The maximum Gasteiger partial charge on any atom is 0.253 e. The van der Waals surface area contributed by atoms with E-state index in [1.807, 2.05) is 35.2 Å². The molecule has 3 saturated heterocycles. The van der Waals surface area contributed by atoms with E-state index in [-0.39, 0.29) is 11.9 Å². The Balaban J connectivity index is 1.22. The topological polar surface area (TPSA) is 47.1 Å². The SMILES string of the molecule is CN1CCC[C@H]1C(=O)N1CCN(C[C@H]2CCN(C(=O)c3ccccc3)C2)CC1. The number of likely N-dealkylation sites (N-methyl/N-ethyl adjacent to an activating group) is 1. The average Bonchev–Trinajstić information content (AvgIpc) is 3.37. The van der Waals surface area contributed by atoms with E-state index in [0.717, 1.165) is 77.2 Å². The molecule has 3 heterocycles. The van der Waals surface area contributed by atoms with Crippen molar-refractivity contribution in [1.82, 2.24) is 19.6 Å². The lowest BCUT2D eigenvalue weighted by Gasteiger charge is -2.37. The van der Waals surface area contributed by atoms with Gasteiger partial charge in [-0.2, -0.15) is 0 Å². The molecule has 3 aliphatic heterocycles. The second-order valence-corrected chi connectivity index (χ2v) is 8.54. The van der Waals surface area contributed by atoms with E-state index in [4.69, 9.17) is 0 Å². The number of amides is 2. The molecule has 6 heteroatoms. The van der Waals surface area contributed by atoms with Crippen molar-refractivity contribution in [2.75, 3.05) is 59.4 Å². The fourth-order valence-corrected chi connectivity index (χ4v) is 4.88. The minimum atomic E-state index is 0.0962. The predicted molar refractivity (Wildman–Crippen MR) is 109 cm³/mol. The van der Waals surface area contributed by atoms with Crippen molar-refractivity contribution >= 4 is 11.8 Å². The number of benzene rings is 1. The maximum absolute atomic E-state index is 12.7.